The van der Waals surface area contributed by atoms with E-state index in [9.17, 15) is 9.59 Å². The molecule has 10 heteroatoms. The minimum Gasteiger partial charge on any atom is -0.491 e. The van der Waals surface area contributed by atoms with Crippen LogP contribution in [0.25, 0.3) is 6.08 Å². The van der Waals surface area contributed by atoms with Crippen LogP contribution in [0.5, 0.6) is 11.5 Å². The average Bonchev–Trinajstić information content (AvgIpc) is 3.17. The Hall–Kier alpha value is -3.14. The lowest BCUT2D eigenvalue weighted by atomic mass is 9.95. The number of thiazole rings is 1. The van der Waals surface area contributed by atoms with E-state index in [2.05, 4.69) is 27.5 Å². The first-order valence-electron chi connectivity index (χ1n) is 12.3. The van der Waals surface area contributed by atoms with Gasteiger partial charge in [-0.15, -0.1) is 0 Å². The largest absolute Gasteiger partial charge is 0.491 e. The van der Waals surface area contributed by atoms with E-state index in [4.69, 9.17) is 25.8 Å². The van der Waals surface area contributed by atoms with Crippen LogP contribution in [0.1, 0.15) is 44.9 Å². The Morgan fingerprint density at radius 2 is 2.05 bits per heavy atom. The molecule has 0 fully saturated rings. The first kappa shape index (κ1) is 28.9. The standard InChI is InChI=1S/C29H28BrClN2O5S/c1-6-12-37-26-20(30)13-18(14-21(26)31)15-23-27(34)33-25(19-10-8-9-11-22(19)38-16(3)4)24(28(35)36-7-2)17(5)32-29(33)39-23/h6,8-11,13-16,25H,1,7,12H2,2-5H3/b23-15+/t25-/m1/s1. The molecule has 204 valence electrons. The van der Waals surface area contributed by atoms with Gasteiger partial charge in [0.2, 0.25) is 0 Å². The SMILES string of the molecule is C=CCOc1c(Cl)cc(/C=c2/sc3n(c2=O)[C@H](c2ccccc2OC(C)C)C(C(=O)OCC)=C(C)N=3)cc1Br. The molecule has 0 amide bonds. The third kappa shape index (κ3) is 6.05. The highest BCUT2D eigenvalue weighted by Crippen LogP contribution is 2.37. The van der Waals surface area contributed by atoms with Gasteiger partial charge in [-0.25, -0.2) is 9.79 Å². The third-order valence-corrected chi connectivity index (χ3v) is 7.61. The number of carbonyl (C=O) groups excluding carboxylic acids is 1. The number of rotatable bonds is 9. The van der Waals surface area contributed by atoms with Crippen LogP contribution in [-0.2, 0) is 9.53 Å². The number of ether oxygens (including phenoxy) is 3. The van der Waals surface area contributed by atoms with Crippen molar-refractivity contribution in [3.63, 3.8) is 0 Å². The zero-order chi connectivity index (χ0) is 28.3. The van der Waals surface area contributed by atoms with E-state index in [1.165, 1.54) is 15.9 Å². The zero-order valence-corrected chi connectivity index (χ0v) is 25.2. The van der Waals surface area contributed by atoms with Gasteiger partial charge in [-0.3, -0.25) is 9.36 Å². The van der Waals surface area contributed by atoms with Crippen LogP contribution in [-0.4, -0.2) is 29.9 Å². The normalized spacial score (nSPS) is 15.2. The van der Waals surface area contributed by atoms with Crippen LogP contribution in [0.15, 0.2) is 74.6 Å². The van der Waals surface area contributed by atoms with Crippen molar-refractivity contribution in [2.24, 2.45) is 4.99 Å². The first-order chi connectivity index (χ1) is 18.7. The Morgan fingerprint density at radius 3 is 2.72 bits per heavy atom. The van der Waals surface area contributed by atoms with Gasteiger partial charge in [0.15, 0.2) is 10.6 Å². The van der Waals surface area contributed by atoms with Gasteiger partial charge >= 0.3 is 5.97 Å². The number of fused-ring (bicyclic) bond motifs is 1. The average molecular weight is 632 g/mol. The number of allylic oxidation sites excluding steroid dienone is 1. The Labute approximate surface area is 243 Å². The molecule has 0 saturated heterocycles. The van der Waals surface area contributed by atoms with Crippen LogP contribution >= 0.6 is 38.9 Å². The molecule has 7 nitrogen and oxygen atoms in total. The van der Waals surface area contributed by atoms with Crippen LogP contribution in [0.4, 0.5) is 0 Å². The first-order valence-corrected chi connectivity index (χ1v) is 14.3. The summed E-state index contributed by atoms with van der Waals surface area (Å²) in [4.78, 5) is 32.2. The van der Waals surface area contributed by atoms with E-state index in [0.29, 0.717) is 59.3 Å². The molecule has 1 aliphatic heterocycles. The van der Waals surface area contributed by atoms with Gasteiger partial charge in [0.25, 0.3) is 5.56 Å². The summed E-state index contributed by atoms with van der Waals surface area (Å²) < 4.78 is 19.7. The number of hydrogen-bond donors (Lipinski definition) is 0. The monoisotopic (exact) mass is 630 g/mol. The second-order valence-electron chi connectivity index (χ2n) is 8.92. The van der Waals surface area contributed by atoms with Gasteiger partial charge in [-0.2, -0.15) is 0 Å². The van der Waals surface area contributed by atoms with Crippen LogP contribution in [0.2, 0.25) is 5.02 Å². The number of nitrogens with zero attached hydrogens (tertiary/aromatic N) is 2. The summed E-state index contributed by atoms with van der Waals surface area (Å²) in [5, 5.41) is 0.392. The Balaban J connectivity index is 1.93. The number of halogens is 2. The quantitative estimate of drug-likeness (QED) is 0.228. The molecule has 0 bridgehead atoms. The summed E-state index contributed by atoms with van der Waals surface area (Å²) in [6.45, 7) is 11.5. The molecule has 4 rings (SSSR count). The minimum absolute atomic E-state index is 0.111. The van der Waals surface area contributed by atoms with Crippen molar-refractivity contribution < 1.29 is 19.0 Å². The fourth-order valence-corrected chi connectivity index (χ4v) is 6.28. The second kappa shape index (κ2) is 12.4. The van der Waals surface area contributed by atoms with Crippen LogP contribution in [0, 0.1) is 0 Å². The van der Waals surface area contributed by atoms with Crippen molar-refractivity contribution in [2.75, 3.05) is 13.2 Å². The maximum absolute atomic E-state index is 13.9. The van der Waals surface area contributed by atoms with Crippen molar-refractivity contribution in [2.45, 2.75) is 39.8 Å². The molecule has 39 heavy (non-hydrogen) atoms. The molecule has 1 atom stereocenters. The van der Waals surface area contributed by atoms with Crippen molar-refractivity contribution >= 4 is 50.9 Å². The molecule has 0 aliphatic carbocycles. The molecule has 2 heterocycles. The Morgan fingerprint density at radius 1 is 1.31 bits per heavy atom. The molecule has 1 aliphatic rings. The molecule has 3 aromatic rings. The lowest BCUT2D eigenvalue weighted by molar-refractivity contribution is -0.139. The summed E-state index contributed by atoms with van der Waals surface area (Å²) in [7, 11) is 0. The molecular weight excluding hydrogens is 604 g/mol. The van der Waals surface area contributed by atoms with Gasteiger partial charge < -0.3 is 14.2 Å². The number of aromatic nitrogens is 1. The van der Waals surface area contributed by atoms with Gasteiger partial charge in [-0.05, 0) is 73.5 Å². The van der Waals surface area contributed by atoms with Crippen molar-refractivity contribution in [3.8, 4) is 11.5 Å². The van der Waals surface area contributed by atoms with Gasteiger partial charge in [-0.1, -0.05) is 53.8 Å². The fourth-order valence-electron chi connectivity index (χ4n) is 4.25. The fraction of sp³-hybridized carbons (Fsp3) is 0.276. The summed E-state index contributed by atoms with van der Waals surface area (Å²) in [5.74, 6) is 0.546. The number of esters is 1. The molecule has 2 aromatic carbocycles. The molecule has 0 saturated carbocycles. The molecule has 0 N–H and O–H groups in total. The zero-order valence-electron chi connectivity index (χ0n) is 22.0. The smallest absolute Gasteiger partial charge is 0.338 e. The highest BCUT2D eigenvalue weighted by Gasteiger charge is 2.35. The van der Waals surface area contributed by atoms with Crippen molar-refractivity contribution in [3.05, 3.63) is 101 Å². The lowest BCUT2D eigenvalue weighted by Gasteiger charge is -2.26. The molecular formula is C29H28BrClN2O5S. The van der Waals surface area contributed by atoms with E-state index >= 15 is 0 Å². The Kier molecular flexibility index (Phi) is 9.15. The third-order valence-electron chi connectivity index (χ3n) is 5.76. The molecule has 0 radical (unpaired) electrons. The summed E-state index contributed by atoms with van der Waals surface area (Å²) in [5.41, 5.74) is 1.86. The van der Waals surface area contributed by atoms with Gasteiger partial charge in [0.1, 0.15) is 18.4 Å². The van der Waals surface area contributed by atoms with Crippen molar-refractivity contribution in [1.82, 2.24) is 4.57 Å². The van der Waals surface area contributed by atoms with Crippen LogP contribution < -0.4 is 24.4 Å². The van der Waals surface area contributed by atoms with Gasteiger partial charge in [0.05, 0.1) is 38.0 Å². The highest BCUT2D eigenvalue weighted by molar-refractivity contribution is 9.10. The molecule has 1 aromatic heterocycles. The van der Waals surface area contributed by atoms with Crippen molar-refractivity contribution in [1.29, 1.82) is 0 Å². The number of carbonyl (C=O) groups is 1. The van der Waals surface area contributed by atoms with E-state index in [1.54, 1.807) is 32.1 Å². The highest BCUT2D eigenvalue weighted by atomic mass is 79.9. The predicted octanol–water partition coefficient (Wildman–Crippen LogP) is 5.57. The number of benzene rings is 2. The predicted molar refractivity (Wildman–Crippen MR) is 157 cm³/mol. The van der Waals surface area contributed by atoms with E-state index in [0.717, 1.165) is 0 Å². The summed E-state index contributed by atoms with van der Waals surface area (Å²) >= 11 is 11.2. The molecule has 0 unspecified atom stereocenters. The maximum atomic E-state index is 13.9. The topological polar surface area (TPSA) is 79.1 Å². The summed E-state index contributed by atoms with van der Waals surface area (Å²) in [6, 6.07) is 10.2. The number of hydrogen-bond acceptors (Lipinski definition) is 7. The van der Waals surface area contributed by atoms with E-state index < -0.39 is 12.0 Å². The molecule has 0 spiro atoms. The number of para-hydroxylation sites is 1. The van der Waals surface area contributed by atoms with E-state index in [-0.39, 0.29) is 18.3 Å². The maximum Gasteiger partial charge on any atom is 0.338 e. The lowest BCUT2D eigenvalue weighted by Crippen LogP contribution is -2.40. The minimum atomic E-state index is -0.776. The van der Waals surface area contributed by atoms with E-state index in [1.807, 2.05) is 44.2 Å². The van der Waals surface area contributed by atoms with Gasteiger partial charge in [0, 0.05) is 5.56 Å². The van der Waals surface area contributed by atoms with Crippen LogP contribution in [0.3, 0.4) is 0 Å². The Bertz CT molecular complexity index is 1620. The summed E-state index contributed by atoms with van der Waals surface area (Å²) in [6.07, 6.45) is 3.26. The second-order valence-corrected chi connectivity index (χ2v) is 11.2.